The fourth-order valence-corrected chi connectivity index (χ4v) is 3.47. The number of anilines is 1. The number of carbonyl (C=O) groups excluding carboxylic acids is 2. The Hall–Kier alpha value is -2.74. The lowest BCUT2D eigenvalue weighted by atomic mass is 10.1. The second-order valence-corrected chi connectivity index (χ2v) is 8.00. The van der Waals surface area contributed by atoms with E-state index < -0.39 is 15.8 Å². The summed E-state index contributed by atoms with van der Waals surface area (Å²) in [5.74, 6) is -0.865. The Balaban J connectivity index is 1.98. The van der Waals surface area contributed by atoms with Gasteiger partial charge in [0.25, 0.3) is 0 Å². The van der Waals surface area contributed by atoms with E-state index in [1.165, 1.54) is 25.1 Å². The lowest BCUT2D eigenvalue weighted by Crippen LogP contribution is -2.38. The zero-order valence-corrected chi connectivity index (χ0v) is 15.9. The maximum absolute atomic E-state index is 13.1. The number of hydrogen-bond acceptors (Lipinski definition) is 4. The average molecular weight is 392 g/mol. The highest BCUT2D eigenvalue weighted by molar-refractivity contribution is 7.92. The van der Waals surface area contributed by atoms with Gasteiger partial charge in [0.1, 0.15) is 5.82 Å². The largest absolute Gasteiger partial charge is 0.354 e. The molecule has 0 radical (unpaired) electrons. The summed E-state index contributed by atoms with van der Waals surface area (Å²) in [5.41, 5.74) is 1.42. The first-order valence-electron chi connectivity index (χ1n) is 8.26. The van der Waals surface area contributed by atoms with Crippen molar-refractivity contribution in [3.05, 3.63) is 65.5 Å². The number of ketones is 1. The summed E-state index contributed by atoms with van der Waals surface area (Å²) in [6.45, 7) is 1.56. The van der Waals surface area contributed by atoms with Gasteiger partial charge in [-0.1, -0.05) is 12.1 Å². The summed E-state index contributed by atoms with van der Waals surface area (Å²) in [5, 5.41) is 2.63. The number of nitrogens with one attached hydrogen (secondary N) is 1. The molecular weight excluding hydrogens is 371 g/mol. The minimum absolute atomic E-state index is 0.00391. The van der Waals surface area contributed by atoms with Gasteiger partial charge >= 0.3 is 0 Å². The van der Waals surface area contributed by atoms with Gasteiger partial charge in [0.05, 0.1) is 24.9 Å². The maximum atomic E-state index is 13.1. The van der Waals surface area contributed by atoms with Crippen LogP contribution in [0.2, 0.25) is 0 Å². The van der Waals surface area contributed by atoms with Crippen molar-refractivity contribution >= 4 is 27.4 Å². The fraction of sp³-hybridized carbons (Fsp3) is 0.263. The topological polar surface area (TPSA) is 83.6 Å². The molecule has 0 saturated heterocycles. The van der Waals surface area contributed by atoms with Crippen LogP contribution in [0.5, 0.6) is 0 Å². The van der Waals surface area contributed by atoms with E-state index >= 15 is 0 Å². The number of Topliss-reactive ketones (excluding diaryl/α,β-unsaturated/α-hetero) is 1. The van der Waals surface area contributed by atoms with Gasteiger partial charge in [0.15, 0.2) is 5.78 Å². The van der Waals surface area contributed by atoms with Crippen LogP contribution in [0.25, 0.3) is 0 Å². The molecule has 0 unspecified atom stereocenters. The standard InChI is InChI=1S/C19H21FN2O4S/c1-14(23)16-6-8-18(9-7-16)22(27(2,25)26)11-10-21-19(24)13-15-4-3-5-17(20)12-15/h3-9,12H,10-11,13H2,1-2H3,(H,21,24). The summed E-state index contributed by atoms with van der Waals surface area (Å²) in [6.07, 6.45) is 1.07. The molecule has 2 aromatic carbocycles. The molecule has 0 saturated carbocycles. The Labute approximate surface area is 158 Å². The maximum Gasteiger partial charge on any atom is 0.232 e. The van der Waals surface area contributed by atoms with Gasteiger partial charge in [-0.2, -0.15) is 0 Å². The lowest BCUT2D eigenvalue weighted by molar-refractivity contribution is -0.120. The second kappa shape index (κ2) is 8.77. The van der Waals surface area contributed by atoms with Crippen molar-refractivity contribution in [1.82, 2.24) is 5.32 Å². The van der Waals surface area contributed by atoms with Crippen molar-refractivity contribution in [3.8, 4) is 0 Å². The van der Waals surface area contributed by atoms with Crippen LogP contribution in [0, 0.1) is 5.82 Å². The van der Waals surface area contributed by atoms with Crippen molar-refractivity contribution < 1.29 is 22.4 Å². The fourth-order valence-electron chi connectivity index (χ4n) is 2.54. The molecule has 0 heterocycles. The SMILES string of the molecule is CC(=O)c1ccc(N(CCNC(=O)Cc2cccc(F)c2)S(C)(=O)=O)cc1. The minimum atomic E-state index is -3.57. The molecule has 144 valence electrons. The van der Waals surface area contributed by atoms with Gasteiger partial charge in [-0.15, -0.1) is 0 Å². The summed E-state index contributed by atoms with van der Waals surface area (Å²) >= 11 is 0. The lowest BCUT2D eigenvalue weighted by Gasteiger charge is -2.22. The number of sulfonamides is 1. The number of hydrogen-bond donors (Lipinski definition) is 1. The molecule has 0 aromatic heterocycles. The summed E-state index contributed by atoms with van der Waals surface area (Å²) in [6, 6.07) is 11.9. The number of amides is 1. The molecule has 27 heavy (non-hydrogen) atoms. The number of benzene rings is 2. The molecule has 1 N–H and O–H groups in total. The van der Waals surface area contributed by atoms with Crippen LogP contribution in [-0.2, 0) is 21.2 Å². The van der Waals surface area contributed by atoms with Crippen molar-refractivity contribution in [2.75, 3.05) is 23.7 Å². The van der Waals surface area contributed by atoms with E-state index in [4.69, 9.17) is 0 Å². The van der Waals surface area contributed by atoms with Crippen LogP contribution in [0.3, 0.4) is 0 Å². The second-order valence-electron chi connectivity index (χ2n) is 6.09. The van der Waals surface area contributed by atoms with E-state index in [2.05, 4.69) is 5.32 Å². The molecule has 0 spiro atoms. The van der Waals surface area contributed by atoms with Crippen LogP contribution >= 0.6 is 0 Å². The first-order chi connectivity index (χ1) is 12.7. The molecule has 8 heteroatoms. The quantitative estimate of drug-likeness (QED) is 0.698. The Kier molecular flexibility index (Phi) is 6.68. The predicted molar refractivity (Wildman–Crippen MR) is 102 cm³/mol. The van der Waals surface area contributed by atoms with Crippen molar-refractivity contribution in [3.63, 3.8) is 0 Å². The molecule has 1 amide bonds. The Morgan fingerprint density at radius 1 is 1.11 bits per heavy atom. The number of carbonyl (C=O) groups is 2. The molecule has 0 fully saturated rings. The Morgan fingerprint density at radius 2 is 1.78 bits per heavy atom. The van der Waals surface area contributed by atoms with Gasteiger partial charge in [-0.05, 0) is 48.9 Å². The van der Waals surface area contributed by atoms with Crippen LogP contribution in [0.1, 0.15) is 22.8 Å². The number of rotatable bonds is 8. The molecule has 0 atom stereocenters. The predicted octanol–water partition coefficient (Wildman–Crippen LogP) is 2.15. The third kappa shape index (κ3) is 6.18. The van der Waals surface area contributed by atoms with Crippen molar-refractivity contribution in [1.29, 1.82) is 0 Å². The first-order valence-corrected chi connectivity index (χ1v) is 10.1. The molecule has 2 rings (SSSR count). The normalized spacial score (nSPS) is 11.1. The Morgan fingerprint density at radius 3 is 2.33 bits per heavy atom. The highest BCUT2D eigenvalue weighted by Gasteiger charge is 2.17. The molecule has 0 bridgehead atoms. The molecule has 0 aliphatic rings. The van der Waals surface area contributed by atoms with Crippen LogP contribution < -0.4 is 9.62 Å². The van der Waals surface area contributed by atoms with E-state index in [1.807, 2.05) is 0 Å². The highest BCUT2D eigenvalue weighted by Crippen LogP contribution is 2.18. The molecular formula is C19H21FN2O4S. The zero-order chi connectivity index (χ0) is 20.0. The molecule has 6 nitrogen and oxygen atoms in total. The monoisotopic (exact) mass is 392 g/mol. The first kappa shape index (κ1) is 20.6. The molecule has 0 aliphatic carbocycles. The van der Waals surface area contributed by atoms with Crippen molar-refractivity contribution in [2.45, 2.75) is 13.3 Å². The average Bonchev–Trinajstić information content (AvgIpc) is 2.58. The third-order valence-corrected chi connectivity index (χ3v) is 5.05. The zero-order valence-electron chi connectivity index (χ0n) is 15.1. The van der Waals surface area contributed by atoms with Gasteiger partial charge in [-0.3, -0.25) is 13.9 Å². The molecule has 0 aliphatic heterocycles. The number of halogens is 1. The van der Waals surface area contributed by atoms with E-state index in [0.29, 0.717) is 16.8 Å². The van der Waals surface area contributed by atoms with Gasteiger partial charge in [0, 0.05) is 12.1 Å². The van der Waals surface area contributed by atoms with E-state index in [1.54, 1.807) is 30.3 Å². The van der Waals surface area contributed by atoms with E-state index in [-0.39, 0.29) is 31.2 Å². The van der Waals surface area contributed by atoms with E-state index in [0.717, 1.165) is 10.6 Å². The number of nitrogens with zero attached hydrogens (tertiary/aromatic N) is 1. The molecule has 2 aromatic rings. The summed E-state index contributed by atoms with van der Waals surface area (Å²) in [4.78, 5) is 23.3. The van der Waals surface area contributed by atoms with Crippen LogP contribution in [0.15, 0.2) is 48.5 Å². The Bertz CT molecular complexity index is 927. The summed E-state index contributed by atoms with van der Waals surface area (Å²) in [7, 11) is -3.57. The van der Waals surface area contributed by atoms with Crippen LogP contribution in [0.4, 0.5) is 10.1 Å². The highest BCUT2D eigenvalue weighted by atomic mass is 32.2. The smallest absolute Gasteiger partial charge is 0.232 e. The minimum Gasteiger partial charge on any atom is -0.354 e. The van der Waals surface area contributed by atoms with E-state index in [9.17, 15) is 22.4 Å². The van der Waals surface area contributed by atoms with Crippen molar-refractivity contribution in [2.24, 2.45) is 0 Å². The van der Waals surface area contributed by atoms with Gasteiger partial charge < -0.3 is 5.32 Å². The van der Waals surface area contributed by atoms with Gasteiger partial charge in [0.2, 0.25) is 15.9 Å². The summed E-state index contributed by atoms with van der Waals surface area (Å²) < 4.78 is 38.4. The van der Waals surface area contributed by atoms with Crippen LogP contribution in [-0.4, -0.2) is 39.5 Å². The van der Waals surface area contributed by atoms with Gasteiger partial charge in [-0.25, -0.2) is 12.8 Å². The third-order valence-electron chi connectivity index (χ3n) is 3.85.